The average molecular weight is 227 g/mol. The van der Waals surface area contributed by atoms with Crippen LogP contribution in [0.5, 0.6) is 0 Å². The smallest absolute Gasteiger partial charge is 0.229 e. The fourth-order valence-corrected chi connectivity index (χ4v) is 1.55. The SMILES string of the molecule is Cc1cc(F)c(Cl)cc1-c1cnoc1N. The summed E-state index contributed by atoms with van der Waals surface area (Å²) in [5.74, 6) is -0.256. The Labute approximate surface area is 90.6 Å². The third kappa shape index (κ3) is 1.68. The summed E-state index contributed by atoms with van der Waals surface area (Å²) in [6.45, 7) is 1.77. The van der Waals surface area contributed by atoms with Crippen molar-refractivity contribution in [1.82, 2.24) is 5.16 Å². The van der Waals surface area contributed by atoms with Gasteiger partial charge < -0.3 is 10.3 Å². The van der Waals surface area contributed by atoms with E-state index in [2.05, 4.69) is 5.16 Å². The zero-order chi connectivity index (χ0) is 11.0. The maximum Gasteiger partial charge on any atom is 0.229 e. The van der Waals surface area contributed by atoms with Gasteiger partial charge >= 0.3 is 0 Å². The van der Waals surface area contributed by atoms with Crippen molar-refractivity contribution >= 4 is 17.5 Å². The molecule has 0 atom stereocenters. The molecule has 2 aromatic rings. The number of benzene rings is 1. The molecule has 2 rings (SSSR count). The number of nitrogens with zero attached hydrogens (tertiary/aromatic N) is 1. The number of hydrogen-bond donors (Lipinski definition) is 1. The molecule has 0 aliphatic heterocycles. The third-order valence-corrected chi connectivity index (χ3v) is 2.45. The second kappa shape index (κ2) is 3.55. The number of nitrogens with two attached hydrogens (primary N) is 1. The molecular formula is C10H8ClFN2O. The summed E-state index contributed by atoms with van der Waals surface area (Å²) >= 11 is 5.69. The van der Waals surface area contributed by atoms with Gasteiger partial charge in [-0.15, -0.1) is 0 Å². The molecule has 0 unspecified atom stereocenters. The van der Waals surface area contributed by atoms with Gasteiger partial charge in [-0.2, -0.15) is 0 Å². The van der Waals surface area contributed by atoms with E-state index < -0.39 is 5.82 Å². The molecular weight excluding hydrogens is 219 g/mol. The van der Waals surface area contributed by atoms with Crippen molar-refractivity contribution in [3.05, 3.63) is 34.7 Å². The quantitative estimate of drug-likeness (QED) is 0.813. The number of halogens is 2. The molecule has 0 aliphatic rings. The standard InChI is InChI=1S/C10H8ClFN2O/c1-5-2-9(12)8(11)3-6(5)7-4-14-15-10(7)13/h2-4H,13H2,1H3. The molecule has 0 saturated carbocycles. The van der Waals surface area contributed by atoms with Crippen molar-refractivity contribution in [2.75, 3.05) is 5.73 Å². The van der Waals surface area contributed by atoms with E-state index in [1.54, 1.807) is 6.92 Å². The van der Waals surface area contributed by atoms with E-state index in [9.17, 15) is 4.39 Å². The highest BCUT2D eigenvalue weighted by Crippen LogP contribution is 2.31. The first-order chi connectivity index (χ1) is 7.09. The Bertz CT molecular complexity index is 510. The van der Waals surface area contributed by atoms with E-state index >= 15 is 0 Å². The van der Waals surface area contributed by atoms with Crippen LogP contribution in [0.4, 0.5) is 10.3 Å². The predicted octanol–water partition coefficient (Wildman–Crippen LogP) is 3.02. The van der Waals surface area contributed by atoms with Gasteiger partial charge in [0, 0.05) is 0 Å². The Kier molecular flexibility index (Phi) is 2.36. The van der Waals surface area contributed by atoms with Gasteiger partial charge in [0.15, 0.2) is 0 Å². The molecule has 3 nitrogen and oxygen atoms in total. The zero-order valence-electron chi connectivity index (χ0n) is 7.92. The Balaban J connectivity index is 2.64. The summed E-state index contributed by atoms with van der Waals surface area (Å²) in [6.07, 6.45) is 1.48. The fourth-order valence-electron chi connectivity index (χ4n) is 1.39. The highest BCUT2D eigenvalue weighted by molar-refractivity contribution is 6.31. The Morgan fingerprint density at radius 2 is 2.13 bits per heavy atom. The minimum absolute atomic E-state index is 0.0520. The van der Waals surface area contributed by atoms with E-state index in [0.29, 0.717) is 5.56 Å². The molecule has 0 saturated heterocycles. The van der Waals surface area contributed by atoms with Crippen LogP contribution in [-0.2, 0) is 0 Å². The van der Waals surface area contributed by atoms with Crippen LogP contribution in [0.3, 0.4) is 0 Å². The molecule has 0 bridgehead atoms. The van der Waals surface area contributed by atoms with Crippen LogP contribution in [0.1, 0.15) is 5.56 Å². The predicted molar refractivity (Wildman–Crippen MR) is 56.1 cm³/mol. The van der Waals surface area contributed by atoms with Gasteiger partial charge in [0.25, 0.3) is 0 Å². The van der Waals surface area contributed by atoms with Crippen LogP contribution < -0.4 is 5.73 Å². The van der Waals surface area contributed by atoms with Crippen molar-refractivity contribution in [3.63, 3.8) is 0 Å². The molecule has 0 aliphatic carbocycles. The van der Waals surface area contributed by atoms with E-state index in [0.717, 1.165) is 11.1 Å². The molecule has 0 radical (unpaired) electrons. The van der Waals surface area contributed by atoms with Gasteiger partial charge in [0.05, 0.1) is 16.8 Å². The molecule has 15 heavy (non-hydrogen) atoms. The number of hydrogen-bond acceptors (Lipinski definition) is 3. The van der Waals surface area contributed by atoms with E-state index in [-0.39, 0.29) is 10.9 Å². The number of aryl methyl sites for hydroxylation is 1. The van der Waals surface area contributed by atoms with E-state index in [4.69, 9.17) is 21.9 Å². The number of anilines is 1. The Morgan fingerprint density at radius 1 is 1.40 bits per heavy atom. The first kappa shape index (κ1) is 9.98. The van der Waals surface area contributed by atoms with Crippen LogP contribution in [0, 0.1) is 12.7 Å². The molecule has 0 amide bonds. The lowest BCUT2D eigenvalue weighted by Gasteiger charge is -2.04. The summed E-state index contributed by atoms with van der Waals surface area (Å²) in [4.78, 5) is 0. The monoisotopic (exact) mass is 226 g/mol. The summed E-state index contributed by atoms with van der Waals surface area (Å²) in [6, 6.07) is 2.86. The normalized spacial score (nSPS) is 10.6. The molecule has 0 spiro atoms. The third-order valence-electron chi connectivity index (χ3n) is 2.16. The molecule has 1 heterocycles. The van der Waals surface area contributed by atoms with Crippen molar-refractivity contribution in [2.24, 2.45) is 0 Å². The number of aromatic nitrogens is 1. The largest absolute Gasteiger partial charge is 0.367 e. The zero-order valence-corrected chi connectivity index (χ0v) is 8.68. The highest BCUT2D eigenvalue weighted by atomic mass is 35.5. The molecule has 0 fully saturated rings. The number of nitrogen functional groups attached to an aromatic ring is 1. The van der Waals surface area contributed by atoms with Gasteiger partial charge in [-0.1, -0.05) is 16.8 Å². The van der Waals surface area contributed by atoms with E-state index in [1.165, 1.54) is 18.3 Å². The number of rotatable bonds is 1. The van der Waals surface area contributed by atoms with Crippen LogP contribution in [-0.4, -0.2) is 5.16 Å². The fraction of sp³-hybridized carbons (Fsp3) is 0.100. The molecule has 2 N–H and O–H groups in total. The maximum atomic E-state index is 13.1. The summed E-state index contributed by atoms with van der Waals surface area (Å²) < 4.78 is 17.8. The summed E-state index contributed by atoms with van der Waals surface area (Å²) in [5.41, 5.74) is 7.63. The maximum absolute atomic E-state index is 13.1. The Hall–Kier alpha value is -1.55. The summed E-state index contributed by atoms with van der Waals surface area (Å²) in [5, 5.41) is 3.61. The second-order valence-corrected chi connectivity index (χ2v) is 3.59. The first-order valence-corrected chi connectivity index (χ1v) is 4.63. The molecule has 5 heteroatoms. The van der Waals surface area contributed by atoms with Gasteiger partial charge in [-0.25, -0.2) is 4.39 Å². The van der Waals surface area contributed by atoms with Gasteiger partial charge in [-0.3, -0.25) is 0 Å². The van der Waals surface area contributed by atoms with Crippen LogP contribution in [0.15, 0.2) is 22.9 Å². The van der Waals surface area contributed by atoms with Crippen molar-refractivity contribution < 1.29 is 8.91 Å². The highest BCUT2D eigenvalue weighted by Gasteiger charge is 2.12. The van der Waals surface area contributed by atoms with Crippen molar-refractivity contribution in [3.8, 4) is 11.1 Å². The van der Waals surface area contributed by atoms with E-state index in [1.807, 2.05) is 0 Å². The van der Waals surface area contributed by atoms with Crippen molar-refractivity contribution in [2.45, 2.75) is 6.92 Å². The second-order valence-electron chi connectivity index (χ2n) is 3.18. The minimum atomic E-state index is -0.451. The summed E-state index contributed by atoms with van der Waals surface area (Å²) in [7, 11) is 0. The van der Waals surface area contributed by atoms with Gasteiger partial charge in [0.2, 0.25) is 5.88 Å². The molecule has 1 aromatic heterocycles. The van der Waals surface area contributed by atoms with Gasteiger partial charge in [0.1, 0.15) is 5.82 Å². The van der Waals surface area contributed by atoms with Crippen molar-refractivity contribution in [1.29, 1.82) is 0 Å². The minimum Gasteiger partial charge on any atom is -0.367 e. The lowest BCUT2D eigenvalue weighted by atomic mass is 10.0. The van der Waals surface area contributed by atoms with Crippen LogP contribution >= 0.6 is 11.6 Å². The molecule has 1 aromatic carbocycles. The van der Waals surface area contributed by atoms with Crippen LogP contribution in [0.25, 0.3) is 11.1 Å². The molecule has 78 valence electrons. The first-order valence-electron chi connectivity index (χ1n) is 4.25. The lowest BCUT2D eigenvalue weighted by molar-refractivity contribution is 0.436. The van der Waals surface area contributed by atoms with Crippen LogP contribution in [0.2, 0.25) is 5.02 Å². The average Bonchev–Trinajstić information content (AvgIpc) is 2.58. The van der Waals surface area contributed by atoms with Gasteiger partial charge in [-0.05, 0) is 30.2 Å². The topological polar surface area (TPSA) is 52.0 Å². The Morgan fingerprint density at radius 3 is 2.73 bits per heavy atom. The lowest BCUT2D eigenvalue weighted by Crippen LogP contribution is -1.89.